The van der Waals surface area contributed by atoms with Gasteiger partial charge in [-0.25, -0.2) is 8.42 Å². The molecule has 108 valence electrons. The molecule has 0 aliphatic rings. The molecule has 4 nitrogen and oxygen atoms in total. The first kappa shape index (κ1) is 16.0. The molecule has 0 heterocycles. The third-order valence-electron chi connectivity index (χ3n) is 3.41. The number of nitrogen functional groups attached to an aromatic ring is 1. The summed E-state index contributed by atoms with van der Waals surface area (Å²) in [4.78, 5) is 0.353. The maximum absolute atomic E-state index is 12.8. The Bertz CT molecular complexity index is 578. The minimum Gasteiger partial charge on any atom is -0.398 e. The Labute approximate surface area is 116 Å². The third kappa shape index (κ3) is 2.77. The average molecular weight is 284 g/mol. The van der Waals surface area contributed by atoms with Crippen molar-refractivity contribution in [2.75, 3.05) is 12.3 Å². The van der Waals surface area contributed by atoms with E-state index >= 15 is 0 Å². The van der Waals surface area contributed by atoms with Crippen molar-refractivity contribution in [1.29, 1.82) is 0 Å². The van der Waals surface area contributed by atoms with E-state index in [2.05, 4.69) is 0 Å². The fraction of sp³-hybridized carbons (Fsp3) is 0.571. The first-order chi connectivity index (χ1) is 8.64. The van der Waals surface area contributed by atoms with E-state index in [0.29, 0.717) is 22.7 Å². The molecule has 0 aromatic heterocycles. The van der Waals surface area contributed by atoms with Crippen LogP contribution in [0.2, 0.25) is 0 Å². The monoisotopic (exact) mass is 284 g/mol. The number of hydrogen-bond donors (Lipinski definition) is 1. The van der Waals surface area contributed by atoms with Crippen LogP contribution in [0.4, 0.5) is 5.69 Å². The van der Waals surface area contributed by atoms with Gasteiger partial charge < -0.3 is 5.73 Å². The Morgan fingerprint density at radius 3 is 2.16 bits per heavy atom. The van der Waals surface area contributed by atoms with Crippen LogP contribution in [0.15, 0.2) is 11.0 Å². The number of nitrogens with zero attached hydrogens (tertiary/aromatic N) is 1. The molecule has 1 aromatic carbocycles. The number of anilines is 1. The summed E-state index contributed by atoms with van der Waals surface area (Å²) in [7, 11) is -3.50. The predicted molar refractivity (Wildman–Crippen MR) is 79.8 cm³/mol. The lowest BCUT2D eigenvalue weighted by Gasteiger charge is -2.26. The zero-order valence-electron chi connectivity index (χ0n) is 12.6. The van der Waals surface area contributed by atoms with Gasteiger partial charge in [-0.3, -0.25) is 0 Å². The van der Waals surface area contributed by atoms with Crippen molar-refractivity contribution in [3.63, 3.8) is 0 Å². The zero-order valence-corrected chi connectivity index (χ0v) is 13.4. The quantitative estimate of drug-likeness (QED) is 0.864. The predicted octanol–water partition coefficient (Wildman–Crippen LogP) is 2.61. The standard InChI is InChI=1S/C14H24N2O2S/c1-7-16(9(2)3)19(17,18)14-11(5)8-10(4)13(15)12(14)6/h8-9H,7,15H2,1-6H3. The first-order valence-electron chi connectivity index (χ1n) is 6.52. The summed E-state index contributed by atoms with van der Waals surface area (Å²) >= 11 is 0. The Morgan fingerprint density at radius 1 is 1.21 bits per heavy atom. The van der Waals surface area contributed by atoms with Crippen LogP contribution < -0.4 is 5.73 Å². The fourth-order valence-electron chi connectivity index (χ4n) is 2.51. The number of aryl methyl sites for hydroxylation is 2. The molecule has 1 aromatic rings. The van der Waals surface area contributed by atoms with Crippen LogP contribution in [-0.2, 0) is 10.0 Å². The Hall–Kier alpha value is -1.07. The highest BCUT2D eigenvalue weighted by Gasteiger charge is 2.29. The molecule has 0 saturated heterocycles. The van der Waals surface area contributed by atoms with E-state index in [4.69, 9.17) is 5.73 Å². The molecule has 0 unspecified atom stereocenters. The topological polar surface area (TPSA) is 63.4 Å². The van der Waals surface area contributed by atoms with Gasteiger partial charge in [0, 0.05) is 18.3 Å². The van der Waals surface area contributed by atoms with Crippen molar-refractivity contribution in [2.24, 2.45) is 0 Å². The van der Waals surface area contributed by atoms with Crippen molar-refractivity contribution in [1.82, 2.24) is 4.31 Å². The summed E-state index contributed by atoms with van der Waals surface area (Å²) in [5.41, 5.74) is 8.86. The smallest absolute Gasteiger partial charge is 0.243 e. The Kier molecular flexibility index (Phi) is 4.63. The second-order valence-electron chi connectivity index (χ2n) is 5.18. The molecule has 0 aliphatic heterocycles. The van der Waals surface area contributed by atoms with Crippen molar-refractivity contribution >= 4 is 15.7 Å². The van der Waals surface area contributed by atoms with Crippen LogP contribution in [0, 0.1) is 20.8 Å². The summed E-state index contributed by atoms with van der Waals surface area (Å²) in [6.07, 6.45) is 0. The van der Waals surface area contributed by atoms with Gasteiger partial charge in [-0.1, -0.05) is 13.0 Å². The summed E-state index contributed by atoms with van der Waals surface area (Å²) < 4.78 is 27.1. The van der Waals surface area contributed by atoms with E-state index in [0.717, 1.165) is 11.1 Å². The summed E-state index contributed by atoms with van der Waals surface area (Å²) in [6, 6.07) is 1.76. The zero-order chi connectivity index (χ0) is 15.0. The molecule has 0 aliphatic carbocycles. The van der Waals surface area contributed by atoms with E-state index in [9.17, 15) is 8.42 Å². The Morgan fingerprint density at radius 2 is 1.74 bits per heavy atom. The maximum atomic E-state index is 12.8. The number of hydrogen-bond acceptors (Lipinski definition) is 3. The lowest BCUT2D eigenvalue weighted by atomic mass is 10.1. The highest BCUT2D eigenvalue weighted by Crippen LogP contribution is 2.30. The first-order valence-corrected chi connectivity index (χ1v) is 7.96. The van der Waals surface area contributed by atoms with Crippen LogP contribution in [0.1, 0.15) is 37.5 Å². The van der Waals surface area contributed by atoms with Crippen molar-refractivity contribution in [3.05, 3.63) is 22.8 Å². The molecule has 0 atom stereocenters. The molecular weight excluding hydrogens is 260 g/mol. The molecular formula is C14H24N2O2S. The molecule has 0 bridgehead atoms. The minimum atomic E-state index is -3.50. The van der Waals surface area contributed by atoms with Crippen molar-refractivity contribution in [2.45, 2.75) is 52.5 Å². The van der Waals surface area contributed by atoms with Crippen LogP contribution >= 0.6 is 0 Å². The molecule has 0 radical (unpaired) electrons. The van der Waals surface area contributed by atoms with Gasteiger partial charge in [-0.15, -0.1) is 0 Å². The highest BCUT2D eigenvalue weighted by atomic mass is 32.2. The average Bonchev–Trinajstić information content (AvgIpc) is 2.25. The van der Waals surface area contributed by atoms with Gasteiger partial charge in [0.2, 0.25) is 10.0 Å². The van der Waals surface area contributed by atoms with Gasteiger partial charge in [0.05, 0.1) is 4.90 Å². The van der Waals surface area contributed by atoms with Gasteiger partial charge in [-0.2, -0.15) is 4.31 Å². The Balaban J connectivity index is 3.58. The van der Waals surface area contributed by atoms with Gasteiger partial charge in [-0.05, 0) is 51.3 Å². The van der Waals surface area contributed by atoms with E-state index in [-0.39, 0.29) is 6.04 Å². The van der Waals surface area contributed by atoms with Crippen LogP contribution in [0.25, 0.3) is 0 Å². The minimum absolute atomic E-state index is 0.0728. The second kappa shape index (κ2) is 5.51. The molecule has 0 amide bonds. The normalized spacial score (nSPS) is 12.4. The van der Waals surface area contributed by atoms with E-state index in [1.165, 1.54) is 4.31 Å². The molecule has 5 heteroatoms. The molecule has 19 heavy (non-hydrogen) atoms. The summed E-state index contributed by atoms with van der Waals surface area (Å²) in [5.74, 6) is 0. The SMILES string of the molecule is CCN(C(C)C)S(=O)(=O)c1c(C)cc(C)c(N)c1C. The largest absolute Gasteiger partial charge is 0.398 e. The number of benzene rings is 1. The molecule has 0 fully saturated rings. The number of nitrogens with two attached hydrogens (primary N) is 1. The van der Waals surface area contributed by atoms with E-state index < -0.39 is 10.0 Å². The molecule has 1 rings (SSSR count). The lowest BCUT2D eigenvalue weighted by molar-refractivity contribution is 0.368. The second-order valence-corrected chi connectivity index (χ2v) is 7.01. The van der Waals surface area contributed by atoms with Crippen LogP contribution in [0.3, 0.4) is 0 Å². The number of rotatable bonds is 4. The fourth-order valence-corrected chi connectivity index (χ4v) is 4.60. The van der Waals surface area contributed by atoms with Crippen LogP contribution in [0.5, 0.6) is 0 Å². The maximum Gasteiger partial charge on any atom is 0.243 e. The highest BCUT2D eigenvalue weighted by molar-refractivity contribution is 7.89. The van der Waals surface area contributed by atoms with Gasteiger partial charge in [0.15, 0.2) is 0 Å². The number of sulfonamides is 1. The van der Waals surface area contributed by atoms with Gasteiger partial charge in [0.25, 0.3) is 0 Å². The molecule has 2 N–H and O–H groups in total. The molecule has 0 spiro atoms. The van der Waals surface area contributed by atoms with Gasteiger partial charge in [0.1, 0.15) is 0 Å². The third-order valence-corrected chi connectivity index (χ3v) is 5.86. The van der Waals surface area contributed by atoms with Gasteiger partial charge >= 0.3 is 0 Å². The molecule has 0 saturated carbocycles. The van der Waals surface area contributed by atoms with Crippen LogP contribution in [-0.4, -0.2) is 25.3 Å². The summed E-state index contributed by atoms with van der Waals surface area (Å²) in [5, 5.41) is 0. The van der Waals surface area contributed by atoms with E-state index in [1.54, 1.807) is 6.92 Å². The van der Waals surface area contributed by atoms with E-state index in [1.807, 2.05) is 40.7 Å². The lowest BCUT2D eigenvalue weighted by Crippen LogP contribution is -2.37. The van der Waals surface area contributed by atoms with Crippen molar-refractivity contribution in [3.8, 4) is 0 Å². The van der Waals surface area contributed by atoms with Crippen molar-refractivity contribution < 1.29 is 8.42 Å². The summed E-state index contributed by atoms with van der Waals surface area (Å²) in [6.45, 7) is 11.5.